The second-order valence-corrected chi connectivity index (χ2v) is 9.53. The number of hydrogen-bond acceptors (Lipinski definition) is 4. The third-order valence-electron chi connectivity index (χ3n) is 5.35. The molecule has 0 fully saturated rings. The van der Waals surface area contributed by atoms with E-state index in [1.165, 1.54) is 21.8 Å². The van der Waals surface area contributed by atoms with Crippen molar-refractivity contribution in [2.24, 2.45) is 11.3 Å². The van der Waals surface area contributed by atoms with Crippen molar-refractivity contribution in [3.8, 4) is 5.75 Å². The molecule has 1 aliphatic rings. The normalized spacial score (nSPS) is 16.2. The highest BCUT2D eigenvalue weighted by Crippen LogP contribution is 2.40. The summed E-state index contributed by atoms with van der Waals surface area (Å²) in [4.78, 5) is 26.5. The van der Waals surface area contributed by atoms with Crippen LogP contribution >= 0.6 is 11.3 Å². The molecule has 0 aliphatic heterocycles. The van der Waals surface area contributed by atoms with Gasteiger partial charge in [0.2, 0.25) is 5.91 Å². The van der Waals surface area contributed by atoms with E-state index in [1.54, 1.807) is 13.2 Å². The molecule has 1 aromatic carbocycles. The number of hydrazine groups is 1. The van der Waals surface area contributed by atoms with Crippen LogP contribution in [0.5, 0.6) is 5.75 Å². The summed E-state index contributed by atoms with van der Waals surface area (Å²) in [6.07, 6.45) is 3.38. The second-order valence-electron chi connectivity index (χ2n) is 8.40. The van der Waals surface area contributed by atoms with Crippen LogP contribution in [0.15, 0.2) is 30.3 Å². The molecule has 1 atom stereocenters. The van der Waals surface area contributed by atoms with Crippen molar-refractivity contribution >= 4 is 23.2 Å². The van der Waals surface area contributed by atoms with Gasteiger partial charge in [0.25, 0.3) is 5.91 Å². The van der Waals surface area contributed by atoms with Crippen molar-refractivity contribution in [2.45, 2.75) is 46.5 Å². The van der Waals surface area contributed by atoms with Gasteiger partial charge in [-0.05, 0) is 59.9 Å². The fourth-order valence-electron chi connectivity index (χ4n) is 3.57. The minimum atomic E-state index is -0.268. The molecule has 6 heteroatoms. The molecule has 0 radical (unpaired) electrons. The predicted octanol–water partition coefficient (Wildman–Crippen LogP) is 3.91. The molecule has 5 nitrogen and oxygen atoms in total. The van der Waals surface area contributed by atoms with E-state index in [2.05, 4.69) is 31.6 Å². The van der Waals surface area contributed by atoms with Crippen molar-refractivity contribution in [3.63, 3.8) is 0 Å². The fourth-order valence-corrected chi connectivity index (χ4v) is 4.68. The van der Waals surface area contributed by atoms with Crippen molar-refractivity contribution in [3.05, 3.63) is 51.2 Å². The quantitative estimate of drug-likeness (QED) is 0.765. The molecule has 2 aromatic rings. The Kier molecular flexibility index (Phi) is 6.08. The summed E-state index contributed by atoms with van der Waals surface area (Å²) < 4.78 is 5.16. The minimum Gasteiger partial charge on any atom is -0.497 e. The zero-order chi connectivity index (χ0) is 20.3. The van der Waals surface area contributed by atoms with Gasteiger partial charge in [-0.25, -0.2) is 0 Å². The molecule has 1 aliphatic carbocycles. The summed E-state index contributed by atoms with van der Waals surface area (Å²) in [6.45, 7) is 6.83. The molecular weight excluding hydrogens is 372 g/mol. The highest BCUT2D eigenvalue weighted by molar-refractivity contribution is 7.14. The summed E-state index contributed by atoms with van der Waals surface area (Å²) >= 11 is 1.54. The van der Waals surface area contributed by atoms with Gasteiger partial charge in [0, 0.05) is 4.88 Å². The summed E-state index contributed by atoms with van der Waals surface area (Å²) in [7, 11) is 1.59. The molecule has 150 valence electrons. The van der Waals surface area contributed by atoms with Crippen LogP contribution in [-0.2, 0) is 24.1 Å². The largest absolute Gasteiger partial charge is 0.497 e. The van der Waals surface area contributed by atoms with Gasteiger partial charge >= 0.3 is 0 Å². The zero-order valence-corrected chi connectivity index (χ0v) is 17.7. The number of ether oxygens (including phenoxy) is 1. The van der Waals surface area contributed by atoms with Crippen LogP contribution in [0, 0.1) is 11.3 Å². The summed E-state index contributed by atoms with van der Waals surface area (Å²) in [5.41, 5.74) is 7.43. The Bertz CT molecular complexity index is 867. The number of thiophene rings is 1. The Morgan fingerprint density at radius 2 is 2.00 bits per heavy atom. The Balaban J connectivity index is 1.55. The van der Waals surface area contributed by atoms with Gasteiger partial charge in [-0.2, -0.15) is 0 Å². The first kappa shape index (κ1) is 20.4. The number of fused-ring (bicyclic) bond motifs is 1. The van der Waals surface area contributed by atoms with E-state index in [0.29, 0.717) is 16.5 Å². The lowest BCUT2D eigenvalue weighted by Crippen LogP contribution is -2.42. The smallest absolute Gasteiger partial charge is 0.279 e. The second kappa shape index (κ2) is 8.35. The van der Waals surface area contributed by atoms with Crippen LogP contribution in [0.3, 0.4) is 0 Å². The molecule has 1 heterocycles. The van der Waals surface area contributed by atoms with Gasteiger partial charge in [0.1, 0.15) is 5.75 Å². The first-order valence-corrected chi connectivity index (χ1v) is 10.4. The molecule has 0 saturated heterocycles. The predicted molar refractivity (Wildman–Crippen MR) is 112 cm³/mol. The van der Waals surface area contributed by atoms with Crippen molar-refractivity contribution in [1.29, 1.82) is 0 Å². The zero-order valence-electron chi connectivity index (χ0n) is 16.9. The maximum absolute atomic E-state index is 12.5. The number of aryl methyl sites for hydroxylation is 1. The highest BCUT2D eigenvalue weighted by atomic mass is 32.1. The maximum Gasteiger partial charge on any atom is 0.279 e. The number of amides is 2. The van der Waals surface area contributed by atoms with E-state index in [9.17, 15) is 9.59 Å². The van der Waals surface area contributed by atoms with Crippen LogP contribution in [0.2, 0.25) is 0 Å². The van der Waals surface area contributed by atoms with Crippen molar-refractivity contribution in [1.82, 2.24) is 10.9 Å². The highest BCUT2D eigenvalue weighted by Gasteiger charge is 2.30. The molecule has 0 saturated carbocycles. The number of hydrogen-bond donors (Lipinski definition) is 2. The SMILES string of the molecule is COc1cccc(CC(=O)NNC(=O)c2cc3c(s2)CCC(C(C)(C)C)C3)c1. The first-order valence-electron chi connectivity index (χ1n) is 9.60. The third kappa shape index (κ3) is 4.93. The van der Waals surface area contributed by atoms with Gasteiger partial charge in [0.05, 0.1) is 18.4 Å². The van der Waals surface area contributed by atoms with Gasteiger partial charge in [-0.3, -0.25) is 20.4 Å². The van der Waals surface area contributed by atoms with E-state index in [0.717, 1.165) is 24.8 Å². The van der Waals surface area contributed by atoms with Crippen LogP contribution in [-0.4, -0.2) is 18.9 Å². The first-order chi connectivity index (χ1) is 13.3. The van der Waals surface area contributed by atoms with Gasteiger partial charge in [0.15, 0.2) is 0 Å². The standard InChI is InChI=1S/C22H28N2O3S/c1-22(2,3)16-8-9-18-15(12-16)13-19(28-18)21(26)24-23-20(25)11-14-6-5-7-17(10-14)27-4/h5-7,10,13,16H,8-9,11-12H2,1-4H3,(H,23,25)(H,24,26). The summed E-state index contributed by atoms with van der Waals surface area (Å²) in [6, 6.07) is 9.30. The average Bonchev–Trinajstić information content (AvgIpc) is 3.09. The van der Waals surface area contributed by atoms with Gasteiger partial charge < -0.3 is 4.74 Å². The third-order valence-corrected chi connectivity index (χ3v) is 6.58. The molecule has 1 aromatic heterocycles. The van der Waals surface area contributed by atoms with Gasteiger partial charge in [-0.1, -0.05) is 32.9 Å². The molecule has 28 heavy (non-hydrogen) atoms. The van der Waals surface area contributed by atoms with Crippen molar-refractivity contribution in [2.75, 3.05) is 7.11 Å². The fraction of sp³-hybridized carbons (Fsp3) is 0.455. The Hall–Kier alpha value is -2.34. The number of nitrogens with one attached hydrogen (secondary N) is 2. The van der Waals surface area contributed by atoms with Crippen molar-refractivity contribution < 1.29 is 14.3 Å². The van der Waals surface area contributed by atoms with E-state index in [4.69, 9.17) is 4.74 Å². The maximum atomic E-state index is 12.5. The number of benzene rings is 1. The molecule has 2 N–H and O–H groups in total. The van der Waals surface area contributed by atoms with Crippen LogP contribution in [0.25, 0.3) is 0 Å². The Morgan fingerprint density at radius 3 is 2.71 bits per heavy atom. The Labute approximate surface area is 170 Å². The average molecular weight is 401 g/mol. The molecule has 0 bridgehead atoms. The summed E-state index contributed by atoms with van der Waals surface area (Å²) in [5, 5.41) is 0. The molecule has 2 amide bonds. The topological polar surface area (TPSA) is 67.4 Å². The monoisotopic (exact) mass is 400 g/mol. The molecule has 1 unspecified atom stereocenters. The molecule has 3 rings (SSSR count). The van der Waals surface area contributed by atoms with E-state index in [1.807, 2.05) is 24.3 Å². The van der Waals surface area contributed by atoms with Gasteiger partial charge in [-0.15, -0.1) is 11.3 Å². The number of carbonyl (C=O) groups excluding carboxylic acids is 2. The lowest BCUT2D eigenvalue weighted by molar-refractivity contribution is -0.121. The van der Waals surface area contributed by atoms with Crippen LogP contribution in [0.4, 0.5) is 0 Å². The van der Waals surface area contributed by atoms with Crippen LogP contribution in [0.1, 0.15) is 52.9 Å². The Morgan fingerprint density at radius 1 is 1.21 bits per heavy atom. The van der Waals surface area contributed by atoms with E-state index in [-0.39, 0.29) is 23.7 Å². The molecule has 0 spiro atoms. The van der Waals surface area contributed by atoms with E-state index < -0.39 is 0 Å². The number of rotatable bonds is 4. The van der Waals surface area contributed by atoms with Crippen LogP contribution < -0.4 is 15.6 Å². The summed E-state index contributed by atoms with van der Waals surface area (Å²) in [5.74, 6) is 0.807. The minimum absolute atomic E-state index is 0.172. The van der Waals surface area contributed by atoms with E-state index >= 15 is 0 Å². The lowest BCUT2D eigenvalue weighted by Gasteiger charge is -2.33. The number of carbonyl (C=O) groups is 2. The lowest BCUT2D eigenvalue weighted by atomic mass is 9.72. The molecular formula is C22H28N2O3S. The number of methoxy groups -OCH3 is 1.